The molecule has 0 aliphatic carbocycles. The highest BCUT2D eigenvalue weighted by molar-refractivity contribution is 5.69. The van der Waals surface area contributed by atoms with Crippen LogP contribution in [0.4, 0.5) is 0 Å². The zero-order valence-electron chi connectivity index (χ0n) is 9.57. The average Bonchev–Trinajstić information content (AvgIpc) is 2.28. The van der Waals surface area contributed by atoms with Gasteiger partial charge in [-0.05, 0) is 32.7 Å². The first kappa shape index (κ1) is 12.5. The Bertz CT molecular complexity index is 228. The third-order valence-electron chi connectivity index (χ3n) is 3.11. The van der Waals surface area contributed by atoms with Gasteiger partial charge in [0.2, 0.25) is 0 Å². The first-order chi connectivity index (χ1) is 6.91. The number of carboxylic acid groups (broad SMARTS) is 1. The number of likely N-dealkylation sites (tertiary alicyclic amines) is 1. The molecular weight excluding hydrogens is 194 g/mol. The van der Waals surface area contributed by atoms with Gasteiger partial charge < -0.3 is 15.1 Å². The minimum atomic E-state index is -0.744. The van der Waals surface area contributed by atoms with Crippen LogP contribution in [0.2, 0.25) is 0 Å². The first-order valence-corrected chi connectivity index (χ1v) is 5.58. The molecular formula is C11H21NO3. The molecule has 0 saturated carbocycles. The molecule has 1 fully saturated rings. The molecule has 88 valence electrons. The number of carbonyl (C=O) groups is 1. The van der Waals surface area contributed by atoms with E-state index in [1.165, 1.54) is 0 Å². The zero-order chi connectivity index (χ0) is 11.5. The summed E-state index contributed by atoms with van der Waals surface area (Å²) < 4.78 is 0. The van der Waals surface area contributed by atoms with E-state index in [2.05, 4.69) is 4.90 Å². The van der Waals surface area contributed by atoms with Crippen LogP contribution in [-0.4, -0.2) is 46.3 Å². The van der Waals surface area contributed by atoms with Crippen LogP contribution < -0.4 is 0 Å². The van der Waals surface area contributed by atoms with Crippen molar-refractivity contribution >= 4 is 5.97 Å². The summed E-state index contributed by atoms with van der Waals surface area (Å²) in [5.41, 5.74) is -0.568. The fourth-order valence-electron chi connectivity index (χ4n) is 1.97. The van der Waals surface area contributed by atoms with Crippen LogP contribution in [0.15, 0.2) is 0 Å². The summed E-state index contributed by atoms with van der Waals surface area (Å²) in [7, 11) is 0. The number of hydrogen-bond donors (Lipinski definition) is 2. The van der Waals surface area contributed by atoms with Crippen molar-refractivity contribution in [3.05, 3.63) is 0 Å². The molecule has 2 unspecified atom stereocenters. The Kier molecular flexibility index (Phi) is 4.11. The lowest BCUT2D eigenvalue weighted by Crippen LogP contribution is -2.33. The molecule has 0 aromatic heterocycles. The smallest absolute Gasteiger partial charge is 0.307 e. The molecule has 15 heavy (non-hydrogen) atoms. The van der Waals surface area contributed by atoms with E-state index in [0.29, 0.717) is 6.54 Å². The Morgan fingerprint density at radius 3 is 2.73 bits per heavy atom. The summed E-state index contributed by atoms with van der Waals surface area (Å²) >= 11 is 0. The fourth-order valence-corrected chi connectivity index (χ4v) is 1.97. The summed E-state index contributed by atoms with van der Waals surface area (Å²) in [5.74, 6) is -1.07. The SMILES string of the molecule is CC(CN1CCCC(C)(O)CC1)C(=O)O. The van der Waals surface area contributed by atoms with Gasteiger partial charge in [0.1, 0.15) is 0 Å². The molecule has 0 aromatic rings. The Labute approximate surface area is 90.9 Å². The summed E-state index contributed by atoms with van der Waals surface area (Å²) in [6, 6.07) is 0. The zero-order valence-corrected chi connectivity index (χ0v) is 9.57. The summed E-state index contributed by atoms with van der Waals surface area (Å²) in [6.45, 7) is 5.87. The van der Waals surface area contributed by atoms with Gasteiger partial charge >= 0.3 is 5.97 Å². The van der Waals surface area contributed by atoms with E-state index in [4.69, 9.17) is 5.11 Å². The highest BCUT2D eigenvalue weighted by atomic mass is 16.4. The minimum absolute atomic E-state index is 0.326. The van der Waals surface area contributed by atoms with Crippen LogP contribution in [0.25, 0.3) is 0 Å². The van der Waals surface area contributed by atoms with Crippen molar-refractivity contribution in [2.45, 2.75) is 38.7 Å². The number of carboxylic acids is 1. The van der Waals surface area contributed by atoms with Gasteiger partial charge in [0, 0.05) is 13.1 Å². The van der Waals surface area contributed by atoms with Gasteiger partial charge in [-0.15, -0.1) is 0 Å². The second kappa shape index (κ2) is 4.94. The maximum absolute atomic E-state index is 10.7. The van der Waals surface area contributed by atoms with Gasteiger partial charge in [0.15, 0.2) is 0 Å². The Hall–Kier alpha value is -0.610. The molecule has 2 atom stereocenters. The molecule has 4 heteroatoms. The standard InChI is InChI=1S/C11H21NO3/c1-9(10(13)14)8-12-6-3-4-11(2,15)5-7-12/h9,15H,3-8H2,1-2H3,(H,13,14). The van der Waals surface area contributed by atoms with Crippen LogP contribution >= 0.6 is 0 Å². The molecule has 1 aliphatic rings. The summed E-state index contributed by atoms with van der Waals surface area (Å²) in [4.78, 5) is 12.8. The van der Waals surface area contributed by atoms with E-state index in [9.17, 15) is 9.90 Å². The molecule has 2 N–H and O–H groups in total. The van der Waals surface area contributed by atoms with Crippen LogP contribution in [-0.2, 0) is 4.79 Å². The minimum Gasteiger partial charge on any atom is -0.481 e. The molecule has 1 rings (SSSR count). The highest BCUT2D eigenvalue weighted by Crippen LogP contribution is 2.21. The van der Waals surface area contributed by atoms with E-state index in [1.54, 1.807) is 6.92 Å². The van der Waals surface area contributed by atoms with Gasteiger partial charge in [-0.25, -0.2) is 0 Å². The molecule has 0 aromatic carbocycles. The lowest BCUT2D eigenvalue weighted by Gasteiger charge is -2.23. The monoisotopic (exact) mass is 215 g/mol. The maximum Gasteiger partial charge on any atom is 0.307 e. The second-order valence-corrected chi connectivity index (χ2v) is 4.89. The topological polar surface area (TPSA) is 60.8 Å². The Morgan fingerprint density at radius 2 is 2.13 bits per heavy atom. The highest BCUT2D eigenvalue weighted by Gasteiger charge is 2.26. The molecule has 0 spiro atoms. The van der Waals surface area contributed by atoms with E-state index in [-0.39, 0.29) is 5.92 Å². The van der Waals surface area contributed by atoms with Gasteiger partial charge in [-0.3, -0.25) is 4.79 Å². The lowest BCUT2D eigenvalue weighted by molar-refractivity contribution is -0.141. The number of hydrogen-bond acceptors (Lipinski definition) is 3. The molecule has 0 radical (unpaired) electrons. The largest absolute Gasteiger partial charge is 0.481 e. The predicted octanol–water partition coefficient (Wildman–Crippen LogP) is 0.944. The quantitative estimate of drug-likeness (QED) is 0.735. The van der Waals surface area contributed by atoms with Crippen molar-refractivity contribution in [3.8, 4) is 0 Å². The third kappa shape index (κ3) is 4.18. The number of rotatable bonds is 3. The van der Waals surface area contributed by atoms with Crippen molar-refractivity contribution < 1.29 is 15.0 Å². The van der Waals surface area contributed by atoms with Gasteiger partial charge in [-0.2, -0.15) is 0 Å². The Morgan fingerprint density at radius 1 is 1.47 bits per heavy atom. The average molecular weight is 215 g/mol. The van der Waals surface area contributed by atoms with Gasteiger partial charge in [-0.1, -0.05) is 6.92 Å². The molecule has 4 nitrogen and oxygen atoms in total. The Balaban J connectivity index is 2.41. The number of aliphatic hydroxyl groups is 1. The first-order valence-electron chi connectivity index (χ1n) is 5.58. The molecule has 1 aliphatic heterocycles. The van der Waals surface area contributed by atoms with Gasteiger partial charge in [0.05, 0.1) is 11.5 Å². The third-order valence-corrected chi connectivity index (χ3v) is 3.11. The fraction of sp³-hybridized carbons (Fsp3) is 0.909. The van der Waals surface area contributed by atoms with Crippen molar-refractivity contribution in [1.29, 1.82) is 0 Å². The predicted molar refractivity (Wildman–Crippen MR) is 57.7 cm³/mol. The normalized spacial score (nSPS) is 30.9. The van der Waals surface area contributed by atoms with E-state index in [0.717, 1.165) is 32.4 Å². The van der Waals surface area contributed by atoms with E-state index < -0.39 is 11.6 Å². The van der Waals surface area contributed by atoms with Crippen LogP contribution in [0.1, 0.15) is 33.1 Å². The van der Waals surface area contributed by atoms with E-state index >= 15 is 0 Å². The number of aliphatic carboxylic acids is 1. The van der Waals surface area contributed by atoms with Crippen LogP contribution in [0.5, 0.6) is 0 Å². The van der Waals surface area contributed by atoms with Crippen LogP contribution in [0, 0.1) is 5.92 Å². The maximum atomic E-state index is 10.7. The van der Waals surface area contributed by atoms with Crippen LogP contribution in [0.3, 0.4) is 0 Å². The molecule has 1 heterocycles. The summed E-state index contributed by atoms with van der Waals surface area (Å²) in [6.07, 6.45) is 2.49. The molecule has 1 saturated heterocycles. The van der Waals surface area contributed by atoms with E-state index in [1.807, 2.05) is 6.92 Å². The second-order valence-electron chi connectivity index (χ2n) is 4.89. The molecule has 0 bridgehead atoms. The number of nitrogens with zero attached hydrogens (tertiary/aromatic N) is 1. The van der Waals surface area contributed by atoms with Crippen molar-refractivity contribution in [2.75, 3.05) is 19.6 Å². The van der Waals surface area contributed by atoms with Crippen molar-refractivity contribution in [2.24, 2.45) is 5.92 Å². The lowest BCUT2D eigenvalue weighted by atomic mass is 9.98. The van der Waals surface area contributed by atoms with Gasteiger partial charge in [0.25, 0.3) is 0 Å². The van der Waals surface area contributed by atoms with Crippen molar-refractivity contribution in [3.63, 3.8) is 0 Å². The summed E-state index contributed by atoms with van der Waals surface area (Å²) in [5, 5.41) is 18.7. The molecule has 0 amide bonds. The van der Waals surface area contributed by atoms with Crippen molar-refractivity contribution in [1.82, 2.24) is 4.90 Å².